The summed E-state index contributed by atoms with van der Waals surface area (Å²) >= 11 is 3.30. The lowest BCUT2D eigenvalue weighted by molar-refractivity contribution is 0.104. The zero-order chi connectivity index (χ0) is 12.5. The number of aromatic nitrogens is 3. The minimum Gasteiger partial charge on any atom is -0.387 e. The van der Waals surface area contributed by atoms with Gasteiger partial charge in [0.2, 0.25) is 0 Å². The van der Waals surface area contributed by atoms with E-state index in [4.69, 9.17) is 0 Å². The van der Waals surface area contributed by atoms with E-state index in [2.05, 4.69) is 53.9 Å². The Kier molecular flexibility index (Phi) is 4.12. The summed E-state index contributed by atoms with van der Waals surface area (Å²) in [4.78, 5) is 0. The quantitative estimate of drug-likeness (QED) is 0.931. The molecule has 5 heteroatoms. The minimum atomic E-state index is -0.524. The zero-order valence-electron chi connectivity index (χ0n) is 10.5. The highest BCUT2D eigenvalue weighted by Gasteiger charge is 2.26. The third-order valence-electron chi connectivity index (χ3n) is 3.20. The molecule has 0 aromatic carbocycles. The summed E-state index contributed by atoms with van der Waals surface area (Å²) in [5.41, 5.74) is 0.940. The molecule has 1 rings (SSSR count). The van der Waals surface area contributed by atoms with Gasteiger partial charge in [-0.1, -0.05) is 32.9 Å². The van der Waals surface area contributed by atoms with Gasteiger partial charge in [-0.2, -0.15) is 0 Å². The van der Waals surface area contributed by atoms with Gasteiger partial charge >= 0.3 is 0 Å². The van der Waals surface area contributed by atoms with Gasteiger partial charge in [-0.05, 0) is 33.7 Å². The van der Waals surface area contributed by atoms with E-state index in [1.165, 1.54) is 0 Å². The van der Waals surface area contributed by atoms with Crippen molar-refractivity contribution < 1.29 is 5.11 Å². The van der Waals surface area contributed by atoms with E-state index in [1.807, 2.05) is 0 Å². The summed E-state index contributed by atoms with van der Waals surface area (Å²) in [6.45, 7) is 8.70. The van der Waals surface area contributed by atoms with Crippen LogP contribution in [0.5, 0.6) is 0 Å². The molecule has 0 saturated heterocycles. The third kappa shape index (κ3) is 3.04. The van der Waals surface area contributed by atoms with Gasteiger partial charge < -0.3 is 5.11 Å². The molecular formula is C11H20BrN3O. The smallest absolute Gasteiger partial charge is 0.154 e. The van der Waals surface area contributed by atoms with Crippen LogP contribution < -0.4 is 0 Å². The molecule has 0 radical (unpaired) electrons. The molecule has 2 unspecified atom stereocenters. The highest BCUT2D eigenvalue weighted by Crippen LogP contribution is 2.34. The van der Waals surface area contributed by atoms with E-state index >= 15 is 0 Å². The normalized spacial score (nSPS) is 16.2. The van der Waals surface area contributed by atoms with Crippen molar-refractivity contribution in [3.8, 4) is 0 Å². The van der Waals surface area contributed by atoms with Crippen LogP contribution >= 0.6 is 15.9 Å². The first-order valence-electron chi connectivity index (χ1n) is 5.46. The first-order chi connectivity index (χ1) is 7.23. The number of hydrogen-bond donors (Lipinski definition) is 1. The Bertz CT molecular complexity index is 337. The standard InChI is InChI=1S/C11H20BrN3O/c1-7(11(2,3)4)6-8(16)9-10(12)13-14-15(9)5/h7-8,16H,6H2,1-5H3. The zero-order valence-corrected chi connectivity index (χ0v) is 12.1. The molecule has 0 spiro atoms. The van der Waals surface area contributed by atoms with Gasteiger partial charge in [-0.3, -0.25) is 0 Å². The monoisotopic (exact) mass is 289 g/mol. The third-order valence-corrected chi connectivity index (χ3v) is 3.76. The molecule has 1 N–H and O–H groups in total. The Hall–Kier alpha value is -0.420. The summed E-state index contributed by atoms with van der Waals surface area (Å²) in [6.07, 6.45) is 0.187. The van der Waals surface area contributed by atoms with Crippen molar-refractivity contribution in [2.45, 2.75) is 40.2 Å². The highest BCUT2D eigenvalue weighted by atomic mass is 79.9. The van der Waals surface area contributed by atoms with Crippen LogP contribution in [0.4, 0.5) is 0 Å². The first-order valence-corrected chi connectivity index (χ1v) is 6.26. The lowest BCUT2D eigenvalue weighted by atomic mass is 9.78. The molecule has 0 fully saturated rings. The number of aryl methyl sites for hydroxylation is 1. The van der Waals surface area contributed by atoms with Crippen molar-refractivity contribution in [2.75, 3.05) is 0 Å². The second-order valence-corrected chi connectivity index (χ2v) is 6.16. The van der Waals surface area contributed by atoms with Crippen molar-refractivity contribution in [3.63, 3.8) is 0 Å². The van der Waals surface area contributed by atoms with Gasteiger partial charge in [-0.25, -0.2) is 4.68 Å². The molecule has 0 saturated carbocycles. The lowest BCUT2D eigenvalue weighted by Crippen LogP contribution is -2.20. The second kappa shape index (κ2) is 4.84. The Morgan fingerprint density at radius 2 is 2.00 bits per heavy atom. The topological polar surface area (TPSA) is 50.9 Å². The summed E-state index contributed by atoms with van der Waals surface area (Å²) in [6, 6.07) is 0. The fourth-order valence-electron chi connectivity index (χ4n) is 1.49. The average molecular weight is 290 g/mol. The maximum Gasteiger partial charge on any atom is 0.154 e. The molecule has 1 heterocycles. The Balaban J connectivity index is 2.77. The Morgan fingerprint density at radius 3 is 2.38 bits per heavy atom. The number of hydrogen-bond acceptors (Lipinski definition) is 3. The van der Waals surface area contributed by atoms with Crippen LogP contribution in [0.1, 0.15) is 45.9 Å². The first kappa shape index (κ1) is 13.6. The van der Waals surface area contributed by atoms with Crippen LogP contribution in [0.2, 0.25) is 0 Å². The number of nitrogens with zero attached hydrogens (tertiary/aromatic N) is 3. The second-order valence-electron chi connectivity index (χ2n) is 5.41. The lowest BCUT2D eigenvalue weighted by Gasteiger charge is -2.29. The molecule has 4 nitrogen and oxygen atoms in total. The molecule has 2 atom stereocenters. The Morgan fingerprint density at radius 1 is 1.44 bits per heavy atom. The largest absolute Gasteiger partial charge is 0.387 e. The Labute approximate surface area is 105 Å². The molecule has 0 amide bonds. The molecule has 0 bridgehead atoms. The van der Waals surface area contributed by atoms with Crippen LogP contribution in [0.3, 0.4) is 0 Å². The molecule has 1 aromatic heterocycles. The number of halogens is 1. The van der Waals surface area contributed by atoms with E-state index in [0.717, 1.165) is 5.69 Å². The van der Waals surface area contributed by atoms with E-state index < -0.39 is 6.10 Å². The summed E-state index contributed by atoms with van der Waals surface area (Å²) < 4.78 is 2.24. The predicted octanol–water partition coefficient (Wildman–Crippen LogP) is 2.68. The molecule has 92 valence electrons. The van der Waals surface area contributed by atoms with Crippen LogP contribution in [0.25, 0.3) is 0 Å². The maximum atomic E-state index is 10.2. The van der Waals surface area contributed by atoms with Crippen molar-refractivity contribution >= 4 is 15.9 Å². The number of rotatable bonds is 3. The van der Waals surface area contributed by atoms with Gasteiger partial charge in [0.05, 0.1) is 6.10 Å². The van der Waals surface area contributed by atoms with Gasteiger partial charge in [0.15, 0.2) is 4.60 Å². The molecule has 16 heavy (non-hydrogen) atoms. The van der Waals surface area contributed by atoms with Crippen molar-refractivity contribution in [3.05, 3.63) is 10.3 Å². The van der Waals surface area contributed by atoms with E-state index in [9.17, 15) is 5.11 Å². The summed E-state index contributed by atoms with van der Waals surface area (Å²) in [5, 5.41) is 17.9. The molecule has 0 aliphatic rings. The summed E-state index contributed by atoms with van der Waals surface area (Å²) in [7, 11) is 1.79. The van der Waals surface area contributed by atoms with Gasteiger partial charge in [-0.15, -0.1) is 5.10 Å². The predicted molar refractivity (Wildman–Crippen MR) is 66.9 cm³/mol. The highest BCUT2D eigenvalue weighted by molar-refractivity contribution is 9.10. The molecular weight excluding hydrogens is 270 g/mol. The fourth-order valence-corrected chi connectivity index (χ4v) is 2.08. The van der Waals surface area contributed by atoms with Gasteiger partial charge in [0, 0.05) is 7.05 Å². The van der Waals surface area contributed by atoms with Crippen molar-refractivity contribution in [1.82, 2.24) is 15.0 Å². The SMILES string of the molecule is CC(CC(O)c1c(Br)nnn1C)C(C)(C)C. The number of aliphatic hydroxyl groups is 1. The maximum absolute atomic E-state index is 10.2. The van der Waals surface area contributed by atoms with Gasteiger partial charge in [0.1, 0.15) is 5.69 Å². The molecule has 1 aromatic rings. The van der Waals surface area contributed by atoms with Crippen LogP contribution in [0, 0.1) is 11.3 Å². The average Bonchev–Trinajstić information content (AvgIpc) is 2.44. The molecule has 0 aliphatic heterocycles. The van der Waals surface area contributed by atoms with Crippen molar-refractivity contribution in [2.24, 2.45) is 18.4 Å². The van der Waals surface area contributed by atoms with Crippen LogP contribution in [-0.2, 0) is 7.05 Å². The van der Waals surface area contributed by atoms with E-state index in [0.29, 0.717) is 16.9 Å². The van der Waals surface area contributed by atoms with E-state index in [-0.39, 0.29) is 5.41 Å². The van der Waals surface area contributed by atoms with Gasteiger partial charge in [0.25, 0.3) is 0 Å². The van der Waals surface area contributed by atoms with Crippen LogP contribution in [-0.4, -0.2) is 20.1 Å². The summed E-state index contributed by atoms with van der Waals surface area (Å²) in [5.74, 6) is 0.421. The fraction of sp³-hybridized carbons (Fsp3) is 0.818. The van der Waals surface area contributed by atoms with Crippen LogP contribution in [0.15, 0.2) is 4.60 Å². The molecule has 0 aliphatic carbocycles. The van der Waals surface area contributed by atoms with Crippen molar-refractivity contribution in [1.29, 1.82) is 0 Å². The van der Waals surface area contributed by atoms with E-state index in [1.54, 1.807) is 11.7 Å². The minimum absolute atomic E-state index is 0.194. The number of aliphatic hydroxyl groups excluding tert-OH is 1.